The molecule has 4 fully saturated rings. The third kappa shape index (κ3) is 6.63. The van der Waals surface area contributed by atoms with E-state index in [4.69, 9.17) is 28.9 Å². The molecule has 0 aliphatic carbocycles. The molecular formula is C41H50F2N6O5. The highest BCUT2D eigenvalue weighted by atomic mass is 19.1. The average molecular weight is 745 g/mol. The summed E-state index contributed by atoms with van der Waals surface area (Å²) in [7, 11) is 5.34. The number of halogens is 2. The van der Waals surface area contributed by atoms with Crippen molar-refractivity contribution in [1.82, 2.24) is 19.8 Å². The molecule has 8 rings (SSSR count). The summed E-state index contributed by atoms with van der Waals surface area (Å²) in [5.74, 6) is 0.574. The molecule has 0 spiro atoms. The number of rotatable bonds is 9. The van der Waals surface area contributed by atoms with Crippen LogP contribution in [0.3, 0.4) is 0 Å². The Kier molecular flexibility index (Phi) is 9.44. The number of alkyl halides is 1. The smallest absolute Gasteiger partial charge is 0.410 e. The highest BCUT2D eigenvalue weighted by Crippen LogP contribution is 2.46. The first-order valence-corrected chi connectivity index (χ1v) is 19.0. The summed E-state index contributed by atoms with van der Waals surface area (Å²) in [5, 5.41) is 2.28. The number of nitrogens with zero attached hydrogens (tertiary/aromatic N) is 6. The van der Waals surface area contributed by atoms with E-state index in [2.05, 4.69) is 9.80 Å². The molecule has 0 unspecified atom stereocenters. The van der Waals surface area contributed by atoms with Crippen molar-refractivity contribution in [3.63, 3.8) is 0 Å². The zero-order valence-corrected chi connectivity index (χ0v) is 32.0. The summed E-state index contributed by atoms with van der Waals surface area (Å²) in [5.41, 5.74) is 0.736. The number of fused-ring (bicyclic) bond motifs is 5. The molecule has 11 nitrogen and oxygen atoms in total. The maximum Gasteiger partial charge on any atom is 0.410 e. The molecule has 0 saturated carbocycles. The van der Waals surface area contributed by atoms with Crippen LogP contribution in [-0.4, -0.2) is 116 Å². The minimum atomic E-state index is -0.915. The fraction of sp³-hybridized carbons (Fsp3) is 0.537. The summed E-state index contributed by atoms with van der Waals surface area (Å²) in [6.07, 6.45) is 2.60. The lowest BCUT2D eigenvalue weighted by Gasteiger charge is -2.42. The largest absolute Gasteiger partial charge is 0.468 e. The SMILES string of the molecule is COCOc1cc(-c2c(N(C)C)cc3c(N4C[C@H]5CC[C@@H](C4)N5C(=O)OC(C)(C)C)nc(OC[C@@]45CCCN4C[C@H](F)C5)nc3c2F)c2ccccc2c1. The number of aromatic nitrogens is 2. The van der Waals surface area contributed by atoms with E-state index in [0.29, 0.717) is 59.8 Å². The van der Waals surface area contributed by atoms with E-state index in [1.807, 2.05) is 87.1 Å². The van der Waals surface area contributed by atoms with Crippen LogP contribution in [0.4, 0.5) is 25.1 Å². The van der Waals surface area contributed by atoms with Crippen LogP contribution in [0.5, 0.6) is 11.8 Å². The first-order valence-electron chi connectivity index (χ1n) is 19.0. The van der Waals surface area contributed by atoms with Crippen LogP contribution in [-0.2, 0) is 9.47 Å². The molecule has 0 radical (unpaired) electrons. The molecule has 2 bridgehead atoms. The lowest BCUT2D eigenvalue weighted by atomic mass is 9.94. The van der Waals surface area contributed by atoms with Gasteiger partial charge in [0.05, 0.1) is 17.6 Å². The van der Waals surface area contributed by atoms with E-state index in [-0.39, 0.29) is 43.1 Å². The zero-order chi connectivity index (χ0) is 37.9. The predicted molar refractivity (Wildman–Crippen MR) is 205 cm³/mol. The molecule has 4 atom stereocenters. The number of hydrogen-bond acceptors (Lipinski definition) is 10. The number of ether oxygens (including phenoxy) is 4. The van der Waals surface area contributed by atoms with E-state index >= 15 is 4.39 Å². The van der Waals surface area contributed by atoms with Gasteiger partial charge < -0.3 is 28.7 Å². The molecule has 1 aromatic heterocycles. The van der Waals surface area contributed by atoms with Crippen molar-refractivity contribution in [2.75, 3.05) is 70.6 Å². The van der Waals surface area contributed by atoms with Crippen molar-refractivity contribution in [3.8, 4) is 22.9 Å². The van der Waals surface area contributed by atoms with Crippen molar-refractivity contribution in [3.05, 3.63) is 48.3 Å². The number of carbonyl (C=O) groups is 1. The fourth-order valence-electron chi connectivity index (χ4n) is 9.13. The Labute approximate surface area is 315 Å². The van der Waals surface area contributed by atoms with E-state index < -0.39 is 23.1 Å². The van der Waals surface area contributed by atoms with E-state index in [1.165, 1.54) is 0 Å². The van der Waals surface area contributed by atoms with Crippen LogP contribution >= 0.6 is 0 Å². The third-order valence-corrected chi connectivity index (χ3v) is 11.4. The van der Waals surface area contributed by atoms with Gasteiger partial charge in [-0.3, -0.25) is 9.80 Å². The normalized spacial score (nSPS) is 24.0. The van der Waals surface area contributed by atoms with Gasteiger partial charge in [0.25, 0.3) is 0 Å². The van der Waals surface area contributed by atoms with Crippen LogP contribution in [0.1, 0.15) is 52.9 Å². The highest BCUT2D eigenvalue weighted by Gasteiger charge is 2.50. The number of carbonyl (C=O) groups excluding carboxylic acids is 1. The first-order chi connectivity index (χ1) is 25.8. The minimum absolute atomic E-state index is 0.0427. The maximum absolute atomic E-state index is 17.7. The lowest BCUT2D eigenvalue weighted by Crippen LogP contribution is -2.57. The van der Waals surface area contributed by atoms with E-state index in [1.54, 1.807) is 7.11 Å². The van der Waals surface area contributed by atoms with Crippen molar-refractivity contribution < 1.29 is 32.5 Å². The molecule has 288 valence electrons. The van der Waals surface area contributed by atoms with E-state index in [9.17, 15) is 9.18 Å². The van der Waals surface area contributed by atoms with Gasteiger partial charge in [0.2, 0.25) is 0 Å². The Hall–Kier alpha value is -4.49. The summed E-state index contributed by atoms with van der Waals surface area (Å²) in [6, 6.07) is 13.4. The molecule has 54 heavy (non-hydrogen) atoms. The van der Waals surface area contributed by atoms with Crippen molar-refractivity contribution in [2.24, 2.45) is 0 Å². The van der Waals surface area contributed by atoms with Crippen LogP contribution in [0.2, 0.25) is 0 Å². The van der Waals surface area contributed by atoms with Crippen LogP contribution in [0.25, 0.3) is 32.8 Å². The maximum atomic E-state index is 17.7. The lowest BCUT2D eigenvalue weighted by molar-refractivity contribution is 0.0122. The molecule has 1 amide bonds. The monoisotopic (exact) mass is 744 g/mol. The van der Waals surface area contributed by atoms with Crippen LogP contribution < -0.4 is 19.3 Å². The first kappa shape index (κ1) is 36.5. The fourth-order valence-corrected chi connectivity index (χ4v) is 9.13. The molecule has 13 heteroatoms. The van der Waals surface area contributed by atoms with Gasteiger partial charge in [-0.05, 0) is 87.5 Å². The van der Waals surface area contributed by atoms with Gasteiger partial charge in [-0.25, -0.2) is 13.6 Å². The Balaban J connectivity index is 1.26. The van der Waals surface area contributed by atoms with Gasteiger partial charge in [-0.1, -0.05) is 24.3 Å². The average Bonchev–Trinajstić information content (AvgIpc) is 3.75. The Morgan fingerprint density at radius 2 is 1.78 bits per heavy atom. The van der Waals surface area contributed by atoms with Gasteiger partial charge in [-0.15, -0.1) is 0 Å². The Bertz CT molecular complexity index is 2060. The topological polar surface area (TPSA) is 92.7 Å². The van der Waals surface area contributed by atoms with Crippen LogP contribution in [0.15, 0.2) is 42.5 Å². The summed E-state index contributed by atoms with van der Waals surface area (Å²) < 4.78 is 55.8. The summed E-state index contributed by atoms with van der Waals surface area (Å²) >= 11 is 0. The van der Waals surface area contributed by atoms with E-state index in [0.717, 1.165) is 43.0 Å². The molecular weight excluding hydrogens is 694 g/mol. The molecule has 5 heterocycles. The molecule has 3 aromatic carbocycles. The zero-order valence-electron chi connectivity index (χ0n) is 32.0. The molecule has 4 aliphatic rings. The van der Waals surface area contributed by atoms with Crippen molar-refractivity contribution >= 4 is 39.3 Å². The van der Waals surface area contributed by atoms with Gasteiger partial charge >= 0.3 is 12.1 Å². The number of piperazine rings is 1. The second kappa shape index (κ2) is 14.0. The molecule has 4 aromatic rings. The number of benzene rings is 3. The standard InChI is InChI=1S/C41H50F2N6O5/c1-40(2,3)54-39(50)49-27-12-13-28(49)22-47(21-27)37-32-18-33(46(4)5)34(31-17-29(53-24-51-6)16-25-10-7-8-11-30(25)31)35(43)36(32)44-38(45-37)52-23-41-14-9-15-48(41)20-26(42)19-41/h7-8,10-11,16-18,26-28H,9,12-15,19-24H2,1-6H3/t26-,27-,28+,41+/m1/s1. The van der Waals surface area contributed by atoms with Gasteiger partial charge in [0.15, 0.2) is 12.6 Å². The quantitative estimate of drug-likeness (QED) is 0.164. The van der Waals surface area contributed by atoms with Crippen molar-refractivity contribution in [1.29, 1.82) is 0 Å². The van der Waals surface area contributed by atoms with Gasteiger partial charge in [0.1, 0.15) is 35.5 Å². The second-order valence-corrected chi connectivity index (χ2v) is 16.5. The summed E-state index contributed by atoms with van der Waals surface area (Å²) in [6.45, 7) is 8.08. The highest BCUT2D eigenvalue weighted by molar-refractivity contribution is 6.05. The van der Waals surface area contributed by atoms with Gasteiger partial charge in [-0.2, -0.15) is 9.97 Å². The minimum Gasteiger partial charge on any atom is -0.468 e. The third-order valence-electron chi connectivity index (χ3n) is 11.4. The predicted octanol–water partition coefficient (Wildman–Crippen LogP) is 7.18. The number of anilines is 2. The van der Waals surface area contributed by atoms with Crippen molar-refractivity contribution in [2.45, 2.75) is 82.3 Å². The second-order valence-electron chi connectivity index (χ2n) is 16.5. The number of amides is 1. The number of hydrogen-bond donors (Lipinski definition) is 0. The summed E-state index contributed by atoms with van der Waals surface area (Å²) in [4.78, 5) is 31.3. The van der Waals surface area contributed by atoms with Gasteiger partial charge in [0, 0.05) is 63.9 Å². The number of methoxy groups -OCH3 is 1. The Morgan fingerprint density at radius 1 is 1.02 bits per heavy atom. The molecule has 0 N–H and O–H groups in total. The molecule has 4 saturated heterocycles. The molecule has 4 aliphatic heterocycles. The Morgan fingerprint density at radius 3 is 2.50 bits per heavy atom. The van der Waals surface area contributed by atoms with Crippen LogP contribution in [0, 0.1) is 5.82 Å².